The van der Waals surface area contributed by atoms with E-state index in [9.17, 15) is 9.90 Å². The van der Waals surface area contributed by atoms with Gasteiger partial charge in [-0.3, -0.25) is 4.79 Å². The van der Waals surface area contributed by atoms with Gasteiger partial charge in [0.1, 0.15) is 5.76 Å². The van der Waals surface area contributed by atoms with Gasteiger partial charge in [-0.2, -0.15) is 0 Å². The lowest BCUT2D eigenvalue weighted by molar-refractivity contribution is -0.121. The minimum Gasteiger partial charge on any atom is -0.393 e. The Balaban J connectivity index is 1.86. The second kappa shape index (κ2) is 5.52. The average molecular weight is 252 g/mol. The topological polar surface area (TPSA) is 75.4 Å². The van der Waals surface area contributed by atoms with Gasteiger partial charge >= 0.3 is 0 Å². The summed E-state index contributed by atoms with van der Waals surface area (Å²) in [6.45, 7) is 3.66. The Hall–Kier alpha value is -1.36. The molecule has 1 amide bonds. The number of aliphatic hydroxyl groups is 1. The summed E-state index contributed by atoms with van der Waals surface area (Å²) in [6.07, 6.45) is 3.39. The summed E-state index contributed by atoms with van der Waals surface area (Å²) >= 11 is 0. The second-order valence-corrected chi connectivity index (χ2v) is 5.05. The number of nitrogens with one attached hydrogen (secondary N) is 1. The molecule has 1 aromatic heterocycles. The molecule has 0 unspecified atom stereocenters. The van der Waals surface area contributed by atoms with Gasteiger partial charge in [0.25, 0.3) is 0 Å². The summed E-state index contributed by atoms with van der Waals surface area (Å²) in [5.74, 6) is 0.715. The van der Waals surface area contributed by atoms with Crippen molar-refractivity contribution >= 4 is 5.91 Å². The van der Waals surface area contributed by atoms with Crippen molar-refractivity contribution in [3.63, 3.8) is 0 Å². The highest BCUT2D eigenvalue weighted by Crippen LogP contribution is 2.19. The Bertz CT molecular complexity index is 400. The standard InChI is InChI=1S/C13H20N2O3/c1-8-12(9(2)18-15-8)7-13(17)14-10-3-5-11(16)6-4-10/h10-11,16H,3-7H2,1-2H3,(H,14,17). The van der Waals surface area contributed by atoms with Crippen LogP contribution >= 0.6 is 0 Å². The zero-order valence-corrected chi connectivity index (χ0v) is 10.9. The molecule has 0 aromatic carbocycles. The van der Waals surface area contributed by atoms with Crippen molar-refractivity contribution in [1.29, 1.82) is 0 Å². The molecule has 0 aliphatic heterocycles. The van der Waals surface area contributed by atoms with E-state index < -0.39 is 0 Å². The fourth-order valence-corrected chi connectivity index (χ4v) is 2.41. The lowest BCUT2D eigenvalue weighted by atomic mass is 9.93. The minimum atomic E-state index is -0.194. The molecular formula is C13H20N2O3. The van der Waals surface area contributed by atoms with Crippen molar-refractivity contribution in [2.75, 3.05) is 0 Å². The van der Waals surface area contributed by atoms with Crippen molar-refractivity contribution in [1.82, 2.24) is 10.5 Å². The van der Waals surface area contributed by atoms with Crippen LogP contribution in [0.4, 0.5) is 0 Å². The number of hydrogen-bond acceptors (Lipinski definition) is 4. The third-order valence-electron chi connectivity index (χ3n) is 3.58. The molecule has 18 heavy (non-hydrogen) atoms. The molecule has 0 atom stereocenters. The first-order chi connectivity index (χ1) is 8.56. The van der Waals surface area contributed by atoms with Crippen LogP contribution in [0.2, 0.25) is 0 Å². The lowest BCUT2D eigenvalue weighted by Gasteiger charge is -2.26. The van der Waals surface area contributed by atoms with Crippen LogP contribution in [0.15, 0.2) is 4.52 Å². The lowest BCUT2D eigenvalue weighted by Crippen LogP contribution is -2.39. The quantitative estimate of drug-likeness (QED) is 0.849. The Labute approximate surface area is 107 Å². The van der Waals surface area contributed by atoms with Crippen LogP contribution in [-0.2, 0) is 11.2 Å². The van der Waals surface area contributed by atoms with Gasteiger partial charge in [0.05, 0.1) is 18.2 Å². The molecule has 1 aliphatic rings. The summed E-state index contributed by atoms with van der Waals surface area (Å²) < 4.78 is 5.04. The van der Waals surface area contributed by atoms with Crippen LogP contribution < -0.4 is 5.32 Å². The van der Waals surface area contributed by atoms with Crippen LogP contribution in [0.5, 0.6) is 0 Å². The minimum absolute atomic E-state index is 0.00536. The molecule has 5 nitrogen and oxygen atoms in total. The van der Waals surface area contributed by atoms with E-state index in [0.717, 1.165) is 36.9 Å². The summed E-state index contributed by atoms with van der Waals surface area (Å²) in [5, 5.41) is 16.3. The fraction of sp³-hybridized carbons (Fsp3) is 0.692. The third-order valence-corrected chi connectivity index (χ3v) is 3.58. The predicted octanol–water partition coefficient (Wildman–Crippen LogP) is 1.25. The van der Waals surface area contributed by atoms with E-state index in [1.54, 1.807) is 0 Å². The molecular weight excluding hydrogens is 232 g/mol. The van der Waals surface area contributed by atoms with Crippen LogP contribution in [0.1, 0.15) is 42.7 Å². The van der Waals surface area contributed by atoms with E-state index in [0.29, 0.717) is 12.2 Å². The zero-order valence-electron chi connectivity index (χ0n) is 10.9. The maximum Gasteiger partial charge on any atom is 0.224 e. The second-order valence-electron chi connectivity index (χ2n) is 5.05. The number of aliphatic hydroxyl groups excluding tert-OH is 1. The van der Waals surface area contributed by atoms with E-state index in [1.807, 2.05) is 13.8 Å². The van der Waals surface area contributed by atoms with Crippen molar-refractivity contribution in [3.05, 3.63) is 17.0 Å². The molecule has 0 bridgehead atoms. The molecule has 2 N–H and O–H groups in total. The summed E-state index contributed by atoms with van der Waals surface area (Å²) in [5.41, 5.74) is 1.66. The molecule has 100 valence electrons. The highest BCUT2D eigenvalue weighted by molar-refractivity contribution is 5.79. The number of carbonyl (C=O) groups excluding carboxylic acids is 1. The molecule has 1 aliphatic carbocycles. The fourth-order valence-electron chi connectivity index (χ4n) is 2.41. The van der Waals surface area contributed by atoms with Crippen LogP contribution in [-0.4, -0.2) is 28.3 Å². The average Bonchev–Trinajstić information content (AvgIpc) is 2.64. The van der Waals surface area contributed by atoms with Crippen molar-refractivity contribution in [2.45, 2.75) is 58.1 Å². The van der Waals surface area contributed by atoms with Gasteiger partial charge < -0.3 is 14.9 Å². The Morgan fingerprint density at radius 3 is 2.61 bits per heavy atom. The first-order valence-corrected chi connectivity index (χ1v) is 6.45. The molecule has 1 saturated carbocycles. The molecule has 5 heteroatoms. The molecule has 1 heterocycles. The molecule has 0 saturated heterocycles. The predicted molar refractivity (Wildman–Crippen MR) is 66.1 cm³/mol. The van der Waals surface area contributed by atoms with E-state index in [2.05, 4.69) is 10.5 Å². The first kappa shape index (κ1) is 13.1. The van der Waals surface area contributed by atoms with Gasteiger partial charge in [-0.05, 0) is 39.5 Å². The molecule has 0 radical (unpaired) electrons. The summed E-state index contributed by atoms with van der Waals surface area (Å²) in [6, 6.07) is 0.196. The van der Waals surface area contributed by atoms with Crippen LogP contribution in [0.3, 0.4) is 0 Å². The van der Waals surface area contributed by atoms with Crippen LogP contribution in [0, 0.1) is 13.8 Å². The number of rotatable bonds is 3. The highest BCUT2D eigenvalue weighted by atomic mass is 16.5. The Kier molecular flexibility index (Phi) is 4.01. The van der Waals surface area contributed by atoms with E-state index in [1.165, 1.54) is 0 Å². The largest absolute Gasteiger partial charge is 0.393 e. The van der Waals surface area contributed by atoms with Gasteiger partial charge in [-0.15, -0.1) is 0 Å². The maximum atomic E-state index is 11.9. The SMILES string of the molecule is Cc1noc(C)c1CC(=O)NC1CCC(O)CC1. The van der Waals surface area contributed by atoms with Crippen molar-refractivity contribution < 1.29 is 14.4 Å². The number of hydrogen-bond donors (Lipinski definition) is 2. The highest BCUT2D eigenvalue weighted by Gasteiger charge is 2.21. The third kappa shape index (κ3) is 3.10. The summed E-state index contributed by atoms with van der Waals surface area (Å²) in [7, 11) is 0. The number of nitrogens with zero attached hydrogens (tertiary/aromatic N) is 1. The van der Waals surface area contributed by atoms with Gasteiger partial charge in [0.15, 0.2) is 0 Å². The number of amides is 1. The summed E-state index contributed by atoms with van der Waals surface area (Å²) in [4.78, 5) is 11.9. The maximum absolute atomic E-state index is 11.9. The number of carbonyl (C=O) groups is 1. The number of aromatic nitrogens is 1. The van der Waals surface area contributed by atoms with E-state index in [-0.39, 0.29) is 18.1 Å². The molecule has 2 rings (SSSR count). The normalized spacial score (nSPS) is 23.9. The Morgan fingerprint density at radius 2 is 2.06 bits per heavy atom. The van der Waals surface area contributed by atoms with Gasteiger partial charge in [0.2, 0.25) is 5.91 Å². The van der Waals surface area contributed by atoms with Gasteiger partial charge in [-0.25, -0.2) is 0 Å². The first-order valence-electron chi connectivity index (χ1n) is 6.45. The van der Waals surface area contributed by atoms with Gasteiger partial charge in [-0.1, -0.05) is 5.16 Å². The van der Waals surface area contributed by atoms with Gasteiger partial charge in [0, 0.05) is 11.6 Å². The van der Waals surface area contributed by atoms with Crippen molar-refractivity contribution in [2.24, 2.45) is 0 Å². The Morgan fingerprint density at radius 1 is 1.39 bits per heavy atom. The molecule has 1 fully saturated rings. The molecule has 1 aromatic rings. The van der Waals surface area contributed by atoms with Crippen molar-refractivity contribution in [3.8, 4) is 0 Å². The van der Waals surface area contributed by atoms with Crippen LogP contribution in [0.25, 0.3) is 0 Å². The number of aryl methyl sites for hydroxylation is 2. The van der Waals surface area contributed by atoms with E-state index >= 15 is 0 Å². The van der Waals surface area contributed by atoms with E-state index in [4.69, 9.17) is 4.52 Å². The smallest absolute Gasteiger partial charge is 0.224 e. The zero-order chi connectivity index (χ0) is 13.1. The molecule has 0 spiro atoms. The monoisotopic (exact) mass is 252 g/mol.